The molecule has 0 aliphatic carbocycles. The molecule has 1 aromatic carbocycles. The second-order valence-corrected chi connectivity index (χ2v) is 6.31. The summed E-state index contributed by atoms with van der Waals surface area (Å²) in [5.74, 6) is 0.459. The first-order chi connectivity index (χ1) is 12.9. The van der Waals surface area contributed by atoms with Crippen LogP contribution in [0.25, 0.3) is 5.69 Å². The maximum atomic E-state index is 12.5. The Balaban J connectivity index is 1.69. The second kappa shape index (κ2) is 7.49. The van der Waals surface area contributed by atoms with Crippen LogP contribution >= 0.6 is 0 Å². The highest BCUT2D eigenvalue weighted by Gasteiger charge is 2.19. The number of carbonyl (C=O) groups excluding carboxylic acids is 2. The van der Waals surface area contributed by atoms with Crippen molar-refractivity contribution in [1.82, 2.24) is 20.1 Å². The Labute approximate surface area is 157 Å². The van der Waals surface area contributed by atoms with Gasteiger partial charge in [-0.05, 0) is 56.7 Å². The third kappa shape index (κ3) is 3.76. The molecule has 0 saturated carbocycles. The fourth-order valence-electron chi connectivity index (χ4n) is 3.10. The number of rotatable bonds is 6. The second-order valence-electron chi connectivity index (χ2n) is 6.31. The van der Waals surface area contributed by atoms with Gasteiger partial charge in [-0.15, -0.1) is 0 Å². The molecule has 0 radical (unpaired) electrons. The zero-order chi connectivity index (χ0) is 19.6. The SMILES string of the molecule is COc1ccc(-n2ccc(CNC(=O)c3[nH]c(C)c(C(C)=O)c3C)n2)cc1. The van der Waals surface area contributed by atoms with Crippen LogP contribution in [0.1, 0.15) is 44.7 Å². The fraction of sp³-hybridized carbons (Fsp3) is 0.250. The maximum Gasteiger partial charge on any atom is 0.268 e. The van der Waals surface area contributed by atoms with Crippen LogP contribution in [-0.2, 0) is 6.54 Å². The molecule has 140 valence electrons. The monoisotopic (exact) mass is 366 g/mol. The summed E-state index contributed by atoms with van der Waals surface area (Å²) in [4.78, 5) is 27.2. The van der Waals surface area contributed by atoms with Gasteiger partial charge < -0.3 is 15.0 Å². The van der Waals surface area contributed by atoms with E-state index < -0.39 is 0 Å². The minimum absolute atomic E-state index is 0.0569. The molecular weight excluding hydrogens is 344 g/mol. The van der Waals surface area contributed by atoms with E-state index in [1.54, 1.807) is 25.6 Å². The molecule has 0 aliphatic heterocycles. The van der Waals surface area contributed by atoms with E-state index in [0.717, 1.165) is 17.1 Å². The van der Waals surface area contributed by atoms with Gasteiger partial charge in [-0.25, -0.2) is 4.68 Å². The molecule has 7 nitrogen and oxygen atoms in total. The molecule has 3 aromatic rings. The first-order valence-corrected chi connectivity index (χ1v) is 8.58. The quantitative estimate of drug-likeness (QED) is 0.657. The summed E-state index contributed by atoms with van der Waals surface area (Å²) < 4.78 is 6.89. The van der Waals surface area contributed by atoms with Gasteiger partial charge in [0.2, 0.25) is 0 Å². The van der Waals surface area contributed by atoms with E-state index in [-0.39, 0.29) is 18.2 Å². The smallest absolute Gasteiger partial charge is 0.268 e. The van der Waals surface area contributed by atoms with Crippen molar-refractivity contribution in [3.05, 3.63) is 64.7 Å². The number of ketones is 1. The van der Waals surface area contributed by atoms with Gasteiger partial charge in [-0.2, -0.15) is 5.10 Å². The van der Waals surface area contributed by atoms with Crippen molar-refractivity contribution in [2.24, 2.45) is 0 Å². The minimum Gasteiger partial charge on any atom is -0.497 e. The molecule has 27 heavy (non-hydrogen) atoms. The van der Waals surface area contributed by atoms with Gasteiger partial charge in [0.15, 0.2) is 5.78 Å². The molecule has 2 aromatic heterocycles. The van der Waals surface area contributed by atoms with Crippen LogP contribution in [0, 0.1) is 13.8 Å². The summed E-state index contributed by atoms with van der Waals surface area (Å²) in [6.45, 7) is 5.34. The van der Waals surface area contributed by atoms with Gasteiger partial charge in [0.25, 0.3) is 5.91 Å². The van der Waals surface area contributed by atoms with E-state index in [9.17, 15) is 9.59 Å². The van der Waals surface area contributed by atoms with Crippen molar-refractivity contribution in [2.45, 2.75) is 27.3 Å². The third-order valence-corrected chi connectivity index (χ3v) is 4.43. The number of aromatic amines is 1. The number of nitrogens with one attached hydrogen (secondary N) is 2. The van der Waals surface area contributed by atoms with Crippen LogP contribution in [0.2, 0.25) is 0 Å². The van der Waals surface area contributed by atoms with Crippen molar-refractivity contribution in [3.8, 4) is 11.4 Å². The molecule has 1 amide bonds. The number of carbonyl (C=O) groups is 2. The fourth-order valence-corrected chi connectivity index (χ4v) is 3.10. The number of hydrogen-bond acceptors (Lipinski definition) is 4. The number of ether oxygens (including phenoxy) is 1. The summed E-state index contributed by atoms with van der Waals surface area (Å²) in [7, 11) is 1.62. The Hall–Kier alpha value is -3.35. The number of amides is 1. The first kappa shape index (κ1) is 18.4. The Morgan fingerprint density at radius 2 is 1.89 bits per heavy atom. The molecular formula is C20H22N4O3. The normalized spacial score (nSPS) is 10.7. The largest absolute Gasteiger partial charge is 0.497 e. The van der Waals surface area contributed by atoms with Crippen LogP contribution < -0.4 is 10.1 Å². The highest BCUT2D eigenvalue weighted by Crippen LogP contribution is 2.18. The topological polar surface area (TPSA) is 89.0 Å². The molecule has 7 heteroatoms. The lowest BCUT2D eigenvalue weighted by Gasteiger charge is -2.04. The average Bonchev–Trinajstić information content (AvgIpc) is 3.24. The molecule has 2 N–H and O–H groups in total. The van der Waals surface area contributed by atoms with Crippen LogP contribution in [0.15, 0.2) is 36.5 Å². The molecule has 0 bridgehead atoms. The number of nitrogens with zero attached hydrogens (tertiary/aromatic N) is 2. The van der Waals surface area contributed by atoms with E-state index in [4.69, 9.17) is 4.74 Å². The molecule has 0 unspecified atom stereocenters. The summed E-state index contributed by atoms with van der Waals surface area (Å²) >= 11 is 0. The molecule has 0 spiro atoms. The highest BCUT2D eigenvalue weighted by molar-refractivity contribution is 6.02. The maximum absolute atomic E-state index is 12.5. The zero-order valence-corrected chi connectivity index (χ0v) is 15.8. The van der Waals surface area contributed by atoms with Crippen molar-refractivity contribution in [1.29, 1.82) is 0 Å². The summed E-state index contributed by atoms with van der Waals surface area (Å²) in [5.41, 5.74) is 3.98. The highest BCUT2D eigenvalue weighted by atomic mass is 16.5. The van der Waals surface area contributed by atoms with Gasteiger partial charge in [0.1, 0.15) is 11.4 Å². The van der Waals surface area contributed by atoms with E-state index in [0.29, 0.717) is 22.5 Å². The van der Waals surface area contributed by atoms with Gasteiger partial charge in [-0.1, -0.05) is 0 Å². The predicted octanol–water partition coefficient (Wildman–Crippen LogP) is 2.96. The summed E-state index contributed by atoms with van der Waals surface area (Å²) in [6, 6.07) is 9.38. The van der Waals surface area contributed by atoms with Gasteiger partial charge >= 0.3 is 0 Å². The third-order valence-electron chi connectivity index (χ3n) is 4.43. The summed E-state index contributed by atoms with van der Waals surface area (Å²) in [5, 5.41) is 7.31. The minimum atomic E-state index is -0.262. The van der Waals surface area contributed by atoms with Gasteiger partial charge in [0.05, 0.1) is 25.0 Å². The summed E-state index contributed by atoms with van der Waals surface area (Å²) in [6.07, 6.45) is 1.83. The molecule has 0 saturated heterocycles. The Bertz CT molecular complexity index is 983. The van der Waals surface area contributed by atoms with E-state index in [1.165, 1.54) is 6.92 Å². The lowest BCUT2D eigenvalue weighted by Crippen LogP contribution is -2.24. The lowest BCUT2D eigenvalue weighted by molar-refractivity contribution is 0.0945. The Morgan fingerprint density at radius 1 is 1.19 bits per heavy atom. The number of Topliss-reactive ketones (excluding diaryl/α,β-unsaturated/α-hetero) is 1. The number of methoxy groups -OCH3 is 1. The van der Waals surface area contributed by atoms with Crippen molar-refractivity contribution in [2.75, 3.05) is 7.11 Å². The lowest BCUT2D eigenvalue weighted by atomic mass is 10.1. The number of aromatic nitrogens is 3. The molecule has 0 atom stereocenters. The standard InChI is InChI=1S/C20H22N4O3/c1-12-18(14(3)25)13(2)22-19(12)20(26)21-11-15-9-10-24(23-15)16-5-7-17(27-4)8-6-16/h5-10,22H,11H2,1-4H3,(H,21,26). The number of benzene rings is 1. The Kier molecular flexibility index (Phi) is 5.12. The average molecular weight is 366 g/mol. The number of hydrogen-bond donors (Lipinski definition) is 2. The zero-order valence-electron chi connectivity index (χ0n) is 15.8. The van der Waals surface area contributed by atoms with Crippen LogP contribution in [-0.4, -0.2) is 33.6 Å². The molecule has 3 rings (SSSR count). The number of H-pyrrole nitrogens is 1. The van der Waals surface area contributed by atoms with Crippen molar-refractivity contribution in [3.63, 3.8) is 0 Å². The molecule has 0 fully saturated rings. The molecule has 0 aliphatic rings. The van der Waals surface area contributed by atoms with Crippen LogP contribution in [0.3, 0.4) is 0 Å². The van der Waals surface area contributed by atoms with Gasteiger partial charge in [0, 0.05) is 17.5 Å². The first-order valence-electron chi connectivity index (χ1n) is 8.58. The van der Waals surface area contributed by atoms with E-state index in [2.05, 4.69) is 15.4 Å². The molecule has 2 heterocycles. The van der Waals surface area contributed by atoms with Crippen molar-refractivity contribution >= 4 is 11.7 Å². The van der Waals surface area contributed by atoms with Crippen LogP contribution in [0.5, 0.6) is 5.75 Å². The van der Waals surface area contributed by atoms with E-state index in [1.807, 2.05) is 36.5 Å². The van der Waals surface area contributed by atoms with Gasteiger partial charge in [-0.3, -0.25) is 9.59 Å². The predicted molar refractivity (Wildman–Crippen MR) is 102 cm³/mol. The van der Waals surface area contributed by atoms with Crippen LogP contribution in [0.4, 0.5) is 0 Å². The Morgan fingerprint density at radius 3 is 2.48 bits per heavy atom. The number of aryl methyl sites for hydroxylation is 1. The van der Waals surface area contributed by atoms with Crippen molar-refractivity contribution < 1.29 is 14.3 Å². The van der Waals surface area contributed by atoms with E-state index >= 15 is 0 Å².